The minimum atomic E-state index is 0.666. The van der Waals surface area contributed by atoms with Crippen LogP contribution in [0.3, 0.4) is 0 Å². The lowest BCUT2D eigenvalue weighted by atomic mass is 9.73. The zero-order valence-corrected chi connectivity index (χ0v) is 12.3. The van der Waals surface area contributed by atoms with Crippen LogP contribution in [0.25, 0.3) is 0 Å². The number of nitrogens with one attached hydrogen (secondary N) is 1. The number of aromatic nitrogens is 2. The van der Waals surface area contributed by atoms with Crippen LogP contribution in [0.2, 0.25) is 0 Å². The van der Waals surface area contributed by atoms with Gasteiger partial charge in [-0.25, -0.2) is 0 Å². The van der Waals surface area contributed by atoms with E-state index in [4.69, 9.17) is 0 Å². The molecule has 0 amide bonds. The fourth-order valence-electron chi connectivity index (χ4n) is 2.85. The van der Waals surface area contributed by atoms with Crippen molar-refractivity contribution in [3.05, 3.63) is 48.3 Å². The monoisotopic (exact) mass is 269 g/mol. The van der Waals surface area contributed by atoms with Crippen LogP contribution in [-0.4, -0.2) is 15.8 Å². The van der Waals surface area contributed by atoms with Crippen molar-refractivity contribution in [1.29, 1.82) is 0 Å². The predicted molar refractivity (Wildman–Crippen MR) is 82.7 cm³/mol. The Morgan fingerprint density at radius 3 is 2.60 bits per heavy atom. The van der Waals surface area contributed by atoms with Crippen molar-refractivity contribution in [2.24, 2.45) is 11.8 Å². The van der Waals surface area contributed by atoms with Crippen LogP contribution in [0.5, 0.6) is 0 Å². The molecule has 0 spiro atoms. The van der Waals surface area contributed by atoms with Crippen LogP contribution < -0.4 is 5.32 Å². The van der Waals surface area contributed by atoms with Crippen molar-refractivity contribution in [2.75, 3.05) is 5.32 Å². The molecule has 0 saturated heterocycles. The van der Waals surface area contributed by atoms with E-state index in [9.17, 15) is 0 Å². The normalized spacial score (nSPS) is 21.8. The van der Waals surface area contributed by atoms with Crippen LogP contribution in [0.4, 0.5) is 5.69 Å². The fraction of sp³-hybridized carbons (Fsp3) is 0.471. The highest BCUT2D eigenvalue weighted by Gasteiger charge is 2.30. The molecule has 0 unspecified atom stereocenters. The van der Waals surface area contributed by atoms with Crippen molar-refractivity contribution >= 4 is 5.69 Å². The van der Waals surface area contributed by atoms with Gasteiger partial charge in [-0.1, -0.05) is 26.0 Å². The minimum absolute atomic E-state index is 0.666. The first-order valence-corrected chi connectivity index (χ1v) is 7.53. The lowest BCUT2D eigenvalue weighted by molar-refractivity contribution is 0.212. The molecule has 3 rings (SSSR count). The molecule has 3 nitrogen and oxygen atoms in total. The Bertz CT molecular complexity index is 522. The van der Waals surface area contributed by atoms with Gasteiger partial charge in [-0.05, 0) is 48.4 Å². The second kappa shape index (κ2) is 5.70. The number of hydrogen-bond donors (Lipinski definition) is 1. The standard InChI is InChI=1S/C17H23N3/c1-13(2)15-10-17(11-15)19-16-6-4-14(5-7-16)12-20-9-3-8-18-20/h3-9,13,15,17,19H,10-12H2,1-2H3. The molecule has 1 saturated carbocycles. The summed E-state index contributed by atoms with van der Waals surface area (Å²) < 4.78 is 1.95. The Morgan fingerprint density at radius 1 is 1.25 bits per heavy atom. The minimum Gasteiger partial charge on any atom is -0.382 e. The Labute approximate surface area is 121 Å². The van der Waals surface area contributed by atoms with E-state index < -0.39 is 0 Å². The molecule has 1 heterocycles. The van der Waals surface area contributed by atoms with E-state index in [1.807, 2.05) is 23.1 Å². The Morgan fingerprint density at radius 2 is 2.00 bits per heavy atom. The van der Waals surface area contributed by atoms with Gasteiger partial charge < -0.3 is 5.32 Å². The first kappa shape index (κ1) is 13.2. The molecule has 0 atom stereocenters. The SMILES string of the molecule is CC(C)C1CC(Nc2ccc(Cn3cccn3)cc2)C1. The third kappa shape index (κ3) is 3.03. The van der Waals surface area contributed by atoms with Crippen LogP contribution in [0.1, 0.15) is 32.3 Å². The number of anilines is 1. The molecule has 1 aliphatic rings. The second-order valence-electron chi connectivity index (χ2n) is 6.22. The molecule has 20 heavy (non-hydrogen) atoms. The summed E-state index contributed by atoms with van der Waals surface area (Å²) in [6.07, 6.45) is 6.43. The number of hydrogen-bond acceptors (Lipinski definition) is 2. The van der Waals surface area contributed by atoms with Crippen molar-refractivity contribution in [2.45, 2.75) is 39.3 Å². The first-order chi connectivity index (χ1) is 9.70. The maximum Gasteiger partial charge on any atom is 0.0659 e. The molecule has 1 aliphatic carbocycles. The summed E-state index contributed by atoms with van der Waals surface area (Å²) in [6.45, 7) is 5.49. The van der Waals surface area contributed by atoms with Crippen LogP contribution in [-0.2, 0) is 6.54 Å². The van der Waals surface area contributed by atoms with E-state index in [0.717, 1.165) is 18.4 Å². The lowest BCUT2D eigenvalue weighted by Crippen LogP contribution is -2.37. The molecular formula is C17H23N3. The number of rotatable bonds is 5. The van der Waals surface area contributed by atoms with Gasteiger partial charge in [0.25, 0.3) is 0 Å². The summed E-state index contributed by atoms with van der Waals surface area (Å²) in [4.78, 5) is 0. The molecule has 1 aromatic heterocycles. The van der Waals surface area contributed by atoms with Gasteiger partial charge in [0.1, 0.15) is 0 Å². The summed E-state index contributed by atoms with van der Waals surface area (Å²) in [5, 5.41) is 7.86. The summed E-state index contributed by atoms with van der Waals surface area (Å²) in [5.74, 6) is 1.73. The zero-order chi connectivity index (χ0) is 13.9. The molecule has 0 aliphatic heterocycles. The lowest BCUT2D eigenvalue weighted by Gasteiger charge is -2.39. The van der Waals surface area contributed by atoms with E-state index in [-0.39, 0.29) is 0 Å². The van der Waals surface area contributed by atoms with Gasteiger partial charge in [0.05, 0.1) is 6.54 Å². The summed E-state index contributed by atoms with van der Waals surface area (Å²) in [7, 11) is 0. The molecule has 1 N–H and O–H groups in total. The maximum atomic E-state index is 4.23. The quantitative estimate of drug-likeness (QED) is 0.895. The van der Waals surface area contributed by atoms with Gasteiger partial charge in [0.2, 0.25) is 0 Å². The Kier molecular flexibility index (Phi) is 3.77. The van der Waals surface area contributed by atoms with Gasteiger partial charge in [-0.3, -0.25) is 4.68 Å². The number of nitrogens with zero attached hydrogens (tertiary/aromatic N) is 2. The van der Waals surface area contributed by atoms with Crippen molar-refractivity contribution in [1.82, 2.24) is 9.78 Å². The average Bonchev–Trinajstić information content (AvgIpc) is 2.87. The van der Waals surface area contributed by atoms with Crippen molar-refractivity contribution in [3.8, 4) is 0 Å². The summed E-state index contributed by atoms with van der Waals surface area (Å²) >= 11 is 0. The van der Waals surface area contributed by atoms with E-state index >= 15 is 0 Å². The van der Waals surface area contributed by atoms with Crippen LogP contribution >= 0.6 is 0 Å². The van der Waals surface area contributed by atoms with Crippen molar-refractivity contribution < 1.29 is 0 Å². The number of benzene rings is 1. The van der Waals surface area contributed by atoms with Crippen LogP contribution in [0, 0.1) is 11.8 Å². The third-order valence-electron chi connectivity index (χ3n) is 4.35. The molecular weight excluding hydrogens is 246 g/mol. The van der Waals surface area contributed by atoms with Crippen LogP contribution in [0.15, 0.2) is 42.7 Å². The Balaban J connectivity index is 1.52. The van der Waals surface area contributed by atoms with E-state index in [1.54, 1.807) is 0 Å². The summed E-state index contributed by atoms with van der Waals surface area (Å²) in [5.41, 5.74) is 2.52. The smallest absolute Gasteiger partial charge is 0.0659 e. The molecule has 1 aromatic carbocycles. The molecule has 106 valence electrons. The Hall–Kier alpha value is -1.77. The third-order valence-corrected chi connectivity index (χ3v) is 4.35. The zero-order valence-electron chi connectivity index (χ0n) is 12.3. The molecule has 0 radical (unpaired) electrons. The highest BCUT2D eigenvalue weighted by Crippen LogP contribution is 2.35. The maximum absolute atomic E-state index is 4.23. The molecule has 1 fully saturated rings. The van der Waals surface area contributed by atoms with Crippen molar-refractivity contribution in [3.63, 3.8) is 0 Å². The van der Waals surface area contributed by atoms with E-state index in [0.29, 0.717) is 6.04 Å². The highest BCUT2D eigenvalue weighted by atomic mass is 15.3. The predicted octanol–water partition coefficient (Wildman–Crippen LogP) is 3.78. The van der Waals surface area contributed by atoms with Gasteiger partial charge in [0.15, 0.2) is 0 Å². The van der Waals surface area contributed by atoms with Gasteiger partial charge in [-0.15, -0.1) is 0 Å². The molecule has 2 aromatic rings. The van der Waals surface area contributed by atoms with E-state index in [1.165, 1.54) is 24.1 Å². The van der Waals surface area contributed by atoms with Gasteiger partial charge in [0, 0.05) is 24.1 Å². The van der Waals surface area contributed by atoms with E-state index in [2.05, 4.69) is 48.5 Å². The average molecular weight is 269 g/mol. The summed E-state index contributed by atoms with van der Waals surface area (Å²) in [6, 6.07) is 11.4. The topological polar surface area (TPSA) is 29.9 Å². The highest BCUT2D eigenvalue weighted by molar-refractivity contribution is 5.46. The molecule has 3 heteroatoms. The van der Waals surface area contributed by atoms with Gasteiger partial charge >= 0.3 is 0 Å². The fourth-order valence-corrected chi connectivity index (χ4v) is 2.85. The first-order valence-electron chi connectivity index (χ1n) is 7.53. The largest absolute Gasteiger partial charge is 0.382 e. The second-order valence-corrected chi connectivity index (χ2v) is 6.22. The van der Waals surface area contributed by atoms with Gasteiger partial charge in [-0.2, -0.15) is 5.10 Å². The molecule has 0 bridgehead atoms.